The molecule has 2 N–H and O–H groups in total. The lowest BCUT2D eigenvalue weighted by Gasteiger charge is -2.42. The van der Waals surface area contributed by atoms with Gasteiger partial charge in [-0.3, -0.25) is 0 Å². The van der Waals surface area contributed by atoms with E-state index < -0.39 is 0 Å². The third kappa shape index (κ3) is 2.35. The van der Waals surface area contributed by atoms with E-state index >= 15 is 0 Å². The summed E-state index contributed by atoms with van der Waals surface area (Å²) in [5, 5.41) is 0. The van der Waals surface area contributed by atoms with E-state index in [-0.39, 0.29) is 0 Å². The summed E-state index contributed by atoms with van der Waals surface area (Å²) in [6.45, 7) is 6.86. The first-order chi connectivity index (χ1) is 9.72. The van der Waals surface area contributed by atoms with Gasteiger partial charge < -0.3 is 10.6 Å². The molecule has 0 spiro atoms. The number of hydrogen-bond donors (Lipinski definition) is 1. The third-order valence-corrected chi connectivity index (χ3v) is 5.46. The molecule has 1 aliphatic carbocycles. The van der Waals surface area contributed by atoms with E-state index in [0.717, 1.165) is 24.8 Å². The van der Waals surface area contributed by atoms with Crippen LogP contribution in [0.25, 0.3) is 0 Å². The van der Waals surface area contributed by atoms with Gasteiger partial charge >= 0.3 is 0 Å². The molecule has 0 amide bonds. The number of para-hydroxylation sites is 1. The van der Waals surface area contributed by atoms with E-state index in [0.29, 0.717) is 12.0 Å². The molecule has 1 heterocycles. The zero-order valence-corrected chi connectivity index (χ0v) is 12.9. The van der Waals surface area contributed by atoms with Crippen LogP contribution in [0.1, 0.15) is 51.0 Å². The highest BCUT2D eigenvalue weighted by molar-refractivity contribution is 5.61. The fraction of sp³-hybridized carbons (Fsp3) is 0.667. The summed E-state index contributed by atoms with van der Waals surface area (Å²) in [5.41, 5.74) is 8.84. The highest BCUT2D eigenvalue weighted by atomic mass is 15.2. The average Bonchev–Trinajstić information content (AvgIpc) is 2.79. The Morgan fingerprint density at radius 3 is 2.55 bits per heavy atom. The molecule has 2 nitrogen and oxygen atoms in total. The van der Waals surface area contributed by atoms with Crippen LogP contribution >= 0.6 is 0 Å². The van der Waals surface area contributed by atoms with Crippen LogP contribution in [0.3, 0.4) is 0 Å². The Bertz CT molecular complexity index is 446. The summed E-state index contributed by atoms with van der Waals surface area (Å²) in [6.07, 6.45) is 5.29. The molecule has 1 aromatic carbocycles. The molecule has 0 saturated heterocycles. The van der Waals surface area contributed by atoms with Gasteiger partial charge in [-0.25, -0.2) is 0 Å². The second-order valence-electron chi connectivity index (χ2n) is 6.86. The van der Waals surface area contributed by atoms with Crippen LogP contribution in [0.15, 0.2) is 24.3 Å². The van der Waals surface area contributed by atoms with Gasteiger partial charge in [0.05, 0.1) is 0 Å². The monoisotopic (exact) mass is 272 g/mol. The maximum absolute atomic E-state index is 5.83. The van der Waals surface area contributed by atoms with Gasteiger partial charge in [0.1, 0.15) is 0 Å². The SMILES string of the molecule is CC1CCCC(C)C1N1CC(CCN)c2ccccc21. The van der Waals surface area contributed by atoms with Gasteiger partial charge in [0.2, 0.25) is 0 Å². The molecule has 3 rings (SSSR count). The molecule has 2 aliphatic rings. The molecule has 3 atom stereocenters. The van der Waals surface area contributed by atoms with Gasteiger partial charge in [-0.05, 0) is 49.3 Å². The molecule has 1 aromatic rings. The Hall–Kier alpha value is -1.02. The molecule has 0 aromatic heterocycles. The van der Waals surface area contributed by atoms with E-state index in [4.69, 9.17) is 5.73 Å². The number of fused-ring (bicyclic) bond motifs is 1. The highest BCUT2D eigenvalue weighted by Gasteiger charge is 2.38. The first-order valence-corrected chi connectivity index (χ1v) is 8.28. The van der Waals surface area contributed by atoms with Crippen molar-refractivity contribution in [2.75, 3.05) is 18.0 Å². The van der Waals surface area contributed by atoms with Gasteiger partial charge in [-0.15, -0.1) is 0 Å². The fourth-order valence-electron chi connectivity index (χ4n) is 4.54. The van der Waals surface area contributed by atoms with Crippen molar-refractivity contribution < 1.29 is 0 Å². The Morgan fingerprint density at radius 1 is 1.15 bits per heavy atom. The van der Waals surface area contributed by atoms with Crippen LogP contribution in [0, 0.1) is 11.8 Å². The molecular formula is C18H28N2. The lowest BCUT2D eigenvalue weighted by Crippen LogP contribution is -2.45. The van der Waals surface area contributed by atoms with E-state index in [1.807, 2.05) is 0 Å². The topological polar surface area (TPSA) is 29.3 Å². The van der Waals surface area contributed by atoms with Gasteiger partial charge in [-0.2, -0.15) is 0 Å². The minimum Gasteiger partial charge on any atom is -0.367 e. The summed E-state index contributed by atoms with van der Waals surface area (Å²) in [6, 6.07) is 9.72. The van der Waals surface area contributed by atoms with Gasteiger partial charge in [0.15, 0.2) is 0 Å². The van der Waals surface area contributed by atoms with E-state index in [9.17, 15) is 0 Å². The van der Waals surface area contributed by atoms with E-state index in [1.54, 1.807) is 0 Å². The molecule has 0 bridgehead atoms. The van der Waals surface area contributed by atoms with Crippen molar-refractivity contribution in [2.24, 2.45) is 17.6 Å². The summed E-state index contributed by atoms with van der Waals surface area (Å²) >= 11 is 0. The maximum atomic E-state index is 5.83. The van der Waals surface area contributed by atoms with Crippen molar-refractivity contribution in [1.29, 1.82) is 0 Å². The largest absolute Gasteiger partial charge is 0.367 e. The smallest absolute Gasteiger partial charge is 0.0405 e. The summed E-state index contributed by atoms with van der Waals surface area (Å²) in [7, 11) is 0. The van der Waals surface area contributed by atoms with Gasteiger partial charge in [0.25, 0.3) is 0 Å². The van der Waals surface area contributed by atoms with Crippen molar-refractivity contribution in [3.63, 3.8) is 0 Å². The predicted octanol–water partition coefficient (Wildman–Crippen LogP) is 3.76. The number of rotatable bonds is 3. The predicted molar refractivity (Wildman–Crippen MR) is 86.2 cm³/mol. The zero-order chi connectivity index (χ0) is 14.1. The first kappa shape index (κ1) is 13.9. The number of nitrogens with two attached hydrogens (primary N) is 1. The zero-order valence-electron chi connectivity index (χ0n) is 12.9. The molecule has 1 saturated carbocycles. The molecule has 1 fully saturated rings. The number of nitrogens with zero attached hydrogens (tertiary/aromatic N) is 1. The Kier molecular flexibility index (Phi) is 4.02. The van der Waals surface area contributed by atoms with Crippen molar-refractivity contribution in [3.05, 3.63) is 29.8 Å². The van der Waals surface area contributed by atoms with Crippen LogP contribution in [-0.4, -0.2) is 19.1 Å². The summed E-state index contributed by atoms with van der Waals surface area (Å²) in [4.78, 5) is 2.71. The van der Waals surface area contributed by atoms with Crippen molar-refractivity contribution in [1.82, 2.24) is 0 Å². The molecule has 1 aliphatic heterocycles. The molecule has 2 heteroatoms. The Balaban J connectivity index is 1.91. The highest BCUT2D eigenvalue weighted by Crippen LogP contribution is 2.43. The normalized spacial score (nSPS) is 33.2. The van der Waals surface area contributed by atoms with Crippen molar-refractivity contribution in [3.8, 4) is 0 Å². The van der Waals surface area contributed by atoms with Gasteiger partial charge in [-0.1, -0.05) is 38.5 Å². The van der Waals surface area contributed by atoms with Crippen LogP contribution in [0.5, 0.6) is 0 Å². The maximum Gasteiger partial charge on any atom is 0.0405 e. The molecule has 110 valence electrons. The molecule has 0 radical (unpaired) electrons. The number of hydrogen-bond acceptors (Lipinski definition) is 2. The average molecular weight is 272 g/mol. The second-order valence-corrected chi connectivity index (χ2v) is 6.86. The fourth-order valence-corrected chi connectivity index (χ4v) is 4.54. The van der Waals surface area contributed by atoms with Crippen LogP contribution in [0.2, 0.25) is 0 Å². The number of anilines is 1. The van der Waals surface area contributed by atoms with E-state index in [1.165, 1.54) is 37.1 Å². The van der Waals surface area contributed by atoms with E-state index in [2.05, 4.69) is 43.0 Å². The second kappa shape index (κ2) is 5.77. The minimum atomic E-state index is 0.637. The summed E-state index contributed by atoms with van der Waals surface area (Å²) < 4.78 is 0. The first-order valence-electron chi connectivity index (χ1n) is 8.28. The van der Waals surface area contributed by atoms with Crippen molar-refractivity contribution in [2.45, 2.75) is 51.5 Å². The van der Waals surface area contributed by atoms with Crippen LogP contribution in [-0.2, 0) is 0 Å². The quantitative estimate of drug-likeness (QED) is 0.907. The Labute approximate surface area is 123 Å². The molecular weight excluding hydrogens is 244 g/mol. The lowest BCUT2D eigenvalue weighted by atomic mass is 9.78. The van der Waals surface area contributed by atoms with Crippen molar-refractivity contribution >= 4 is 5.69 Å². The third-order valence-electron chi connectivity index (χ3n) is 5.46. The van der Waals surface area contributed by atoms with Crippen LogP contribution < -0.4 is 10.6 Å². The standard InChI is InChI=1S/C18H28N2/c1-13-6-5-7-14(2)18(13)20-12-15(10-11-19)16-8-3-4-9-17(16)20/h3-4,8-9,13-15,18H,5-7,10-12,19H2,1-2H3. The Morgan fingerprint density at radius 2 is 1.85 bits per heavy atom. The number of benzene rings is 1. The van der Waals surface area contributed by atoms with Crippen LogP contribution in [0.4, 0.5) is 5.69 Å². The van der Waals surface area contributed by atoms with Gasteiger partial charge in [0, 0.05) is 24.2 Å². The molecule has 3 unspecified atom stereocenters. The molecule has 20 heavy (non-hydrogen) atoms. The minimum absolute atomic E-state index is 0.637. The lowest BCUT2D eigenvalue weighted by molar-refractivity contribution is 0.238. The summed E-state index contributed by atoms with van der Waals surface area (Å²) in [5.74, 6) is 2.25.